The fourth-order valence-corrected chi connectivity index (χ4v) is 2.32. The Labute approximate surface area is 106 Å². The van der Waals surface area contributed by atoms with E-state index in [9.17, 15) is 10.2 Å². The van der Waals surface area contributed by atoms with Gasteiger partial charge in [-0.15, -0.1) is 0 Å². The van der Waals surface area contributed by atoms with Crippen LogP contribution in [0.4, 0.5) is 0 Å². The fourth-order valence-electron chi connectivity index (χ4n) is 2.32. The molecule has 0 aromatic carbocycles. The van der Waals surface area contributed by atoms with Crippen molar-refractivity contribution in [2.45, 2.75) is 72.5 Å². The van der Waals surface area contributed by atoms with E-state index < -0.39 is 12.5 Å². The van der Waals surface area contributed by atoms with Gasteiger partial charge in [-0.25, -0.2) is 4.90 Å². The first kappa shape index (κ1) is 16.8. The molecule has 4 heteroatoms. The average Bonchev–Trinajstić information content (AvgIpc) is 2.37. The lowest BCUT2D eigenvalue weighted by Gasteiger charge is -2.43. The lowest BCUT2D eigenvalue weighted by molar-refractivity contribution is -0.160. The Morgan fingerprint density at radius 1 is 0.765 bits per heavy atom. The van der Waals surface area contributed by atoms with E-state index in [0.29, 0.717) is 12.8 Å². The summed E-state index contributed by atoms with van der Waals surface area (Å²) in [5.41, 5.74) is 0. The number of aliphatic hydroxyl groups is 2. The quantitative estimate of drug-likeness (QED) is 0.609. The van der Waals surface area contributed by atoms with E-state index >= 15 is 0 Å². The van der Waals surface area contributed by atoms with Gasteiger partial charge >= 0.3 is 0 Å². The maximum atomic E-state index is 10.1. The first-order valence-electron chi connectivity index (χ1n) is 6.94. The maximum Gasteiger partial charge on any atom is 0.110 e. The summed E-state index contributed by atoms with van der Waals surface area (Å²) < 4.78 is 0. The summed E-state index contributed by atoms with van der Waals surface area (Å²) in [5.74, 6) is 0. The summed E-state index contributed by atoms with van der Waals surface area (Å²) in [6, 6.07) is 0. The van der Waals surface area contributed by atoms with Crippen LogP contribution in [0.1, 0.15) is 53.9 Å². The Morgan fingerprint density at radius 3 is 1.41 bits per heavy atom. The monoisotopic (exact) mass is 246 g/mol. The smallest absolute Gasteiger partial charge is 0.110 e. The average molecular weight is 246 g/mol. The van der Waals surface area contributed by atoms with Crippen molar-refractivity contribution >= 4 is 0 Å². The highest BCUT2D eigenvalue weighted by atomic mass is 16.3. The third kappa shape index (κ3) is 4.54. The van der Waals surface area contributed by atoms with Crippen LogP contribution < -0.4 is 0 Å². The number of hydrogen-bond acceptors (Lipinski definition) is 4. The lowest BCUT2D eigenvalue weighted by Crippen LogP contribution is -2.56. The first-order valence-corrected chi connectivity index (χ1v) is 6.94. The van der Waals surface area contributed by atoms with Gasteiger partial charge in [-0.05, 0) is 32.4 Å². The van der Waals surface area contributed by atoms with Crippen LogP contribution in [0.5, 0.6) is 0 Å². The van der Waals surface area contributed by atoms with Crippen molar-refractivity contribution < 1.29 is 10.2 Å². The van der Waals surface area contributed by atoms with Crippen molar-refractivity contribution in [2.75, 3.05) is 13.1 Å². The molecule has 17 heavy (non-hydrogen) atoms. The summed E-state index contributed by atoms with van der Waals surface area (Å²) in [4.78, 5) is 4.12. The summed E-state index contributed by atoms with van der Waals surface area (Å²) in [6.07, 6.45) is 1.13. The predicted molar refractivity (Wildman–Crippen MR) is 71.4 cm³/mol. The van der Waals surface area contributed by atoms with Crippen LogP contribution in [0.2, 0.25) is 0 Å². The zero-order chi connectivity index (χ0) is 13.4. The molecule has 0 rings (SSSR count). The van der Waals surface area contributed by atoms with Crippen LogP contribution in [0.25, 0.3) is 0 Å². The van der Waals surface area contributed by atoms with E-state index in [0.717, 1.165) is 19.5 Å². The SMILES string of the molecule is CCC(O)N(C(O)CC)C(CC)N(CC)CC. The predicted octanol–water partition coefficient (Wildman–Crippen LogP) is 1.82. The molecule has 2 N–H and O–H groups in total. The van der Waals surface area contributed by atoms with E-state index in [2.05, 4.69) is 25.7 Å². The van der Waals surface area contributed by atoms with Crippen molar-refractivity contribution in [2.24, 2.45) is 0 Å². The third-order valence-electron chi connectivity index (χ3n) is 3.36. The van der Waals surface area contributed by atoms with Gasteiger partial charge in [0.15, 0.2) is 0 Å². The Bertz CT molecular complexity index is 176. The van der Waals surface area contributed by atoms with Crippen LogP contribution in [-0.4, -0.2) is 51.7 Å². The van der Waals surface area contributed by atoms with Crippen LogP contribution in [-0.2, 0) is 0 Å². The van der Waals surface area contributed by atoms with E-state index in [-0.39, 0.29) is 6.17 Å². The van der Waals surface area contributed by atoms with Gasteiger partial charge < -0.3 is 10.2 Å². The van der Waals surface area contributed by atoms with Crippen molar-refractivity contribution in [1.29, 1.82) is 0 Å². The highest BCUT2D eigenvalue weighted by Crippen LogP contribution is 2.18. The van der Waals surface area contributed by atoms with Gasteiger partial charge in [-0.1, -0.05) is 34.6 Å². The Balaban J connectivity index is 4.95. The minimum Gasteiger partial charge on any atom is -0.378 e. The molecule has 3 atom stereocenters. The summed E-state index contributed by atoms with van der Waals surface area (Å²) in [5, 5.41) is 20.2. The second-order valence-corrected chi connectivity index (χ2v) is 4.34. The van der Waals surface area contributed by atoms with Crippen LogP contribution >= 0.6 is 0 Å². The standard InChI is InChI=1S/C13H30N2O2/c1-6-11(14(9-4)10-5)15(12(16)7-2)13(17)8-3/h11-13,16-17H,6-10H2,1-5H3. The van der Waals surface area contributed by atoms with Crippen molar-refractivity contribution in [3.05, 3.63) is 0 Å². The molecule has 3 unspecified atom stereocenters. The van der Waals surface area contributed by atoms with Crippen molar-refractivity contribution in [3.8, 4) is 0 Å². The largest absolute Gasteiger partial charge is 0.378 e. The minimum absolute atomic E-state index is 0.106. The van der Waals surface area contributed by atoms with Gasteiger partial charge in [0.25, 0.3) is 0 Å². The molecule has 0 aliphatic heterocycles. The highest BCUT2D eigenvalue weighted by molar-refractivity contribution is 4.75. The van der Waals surface area contributed by atoms with Crippen molar-refractivity contribution in [3.63, 3.8) is 0 Å². The normalized spacial score (nSPS) is 17.5. The zero-order valence-electron chi connectivity index (χ0n) is 12.1. The first-order chi connectivity index (χ1) is 8.06. The van der Waals surface area contributed by atoms with E-state index in [1.165, 1.54) is 0 Å². The number of hydrogen-bond donors (Lipinski definition) is 2. The molecule has 0 aromatic heterocycles. The van der Waals surface area contributed by atoms with E-state index in [1.54, 1.807) is 0 Å². The van der Waals surface area contributed by atoms with E-state index in [4.69, 9.17) is 0 Å². The molecular formula is C13H30N2O2. The topological polar surface area (TPSA) is 46.9 Å². The molecule has 0 aromatic rings. The van der Waals surface area contributed by atoms with E-state index in [1.807, 2.05) is 18.7 Å². The Kier molecular flexibility index (Phi) is 8.78. The Morgan fingerprint density at radius 2 is 1.18 bits per heavy atom. The van der Waals surface area contributed by atoms with Crippen LogP contribution in [0.3, 0.4) is 0 Å². The van der Waals surface area contributed by atoms with Gasteiger partial charge in [-0.3, -0.25) is 4.90 Å². The van der Waals surface area contributed by atoms with Gasteiger partial charge in [0.1, 0.15) is 12.5 Å². The van der Waals surface area contributed by atoms with Crippen LogP contribution in [0, 0.1) is 0 Å². The maximum absolute atomic E-state index is 10.1. The van der Waals surface area contributed by atoms with Gasteiger partial charge in [0.2, 0.25) is 0 Å². The molecule has 0 amide bonds. The molecule has 0 radical (unpaired) electrons. The number of aliphatic hydroxyl groups excluding tert-OH is 2. The molecule has 104 valence electrons. The van der Waals surface area contributed by atoms with Gasteiger partial charge in [0.05, 0.1) is 6.17 Å². The lowest BCUT2D eigenvalue weighted by atomic mass is 10.2. The van der Waals surface area contributed by atoms with Gasteiger partial charge in [-0.2, -0.15) is 0 Å². The van der Waals surface area contributed by atoms with Gasteiger partial charge in [0, 0.05) is 0 Å². The number of rotatable bonds is 9. The highest BCUT2D eigenvalue weighted by Gasteiger charge is 2.30. The second-order valence-electron chi connectivity index (χ2n) is 4.34. The molecule has 0 heterocycles. The molecule has 0 spiro atoms. The fraction of sp³-hybridized carbons (Fsp3) is 1.00. The third-order valence-corrected chi connectivity index (χ3v) is 3.36. The Hall–Kier alpha value is -0.160. The molecule has 0 aliphatic carbocycles. The molecule has 4 nitrogen and oxygen atoms in total. The second kappa shape index (κ2) is 8.86. The zero-order valence-corrected chi connectivity index (χ0v) is 12.1. The molecule has 0 saturated carbocycles. The summed E-state index contributed by atoms with van der Waals surface area (Å²) >= 11 is 0. The summed E-state index contributed by atoms with van der Waals surface area (Å²) in [7, 11) is 0. The molecule has 0 aliphatic rings. The molecule has 0 bridgehead atoms. The molecule has 0 fully saturated rings. The minimum atomic E-state index is -0.574. The van der Waals surface area contributed by atoms with Crippen molar-refractivity contribution in [1.82, 2.24) is 9.80 Å². The van der Waals surface area contributed by atoms with Crippen LogP contribution in [0.15, 0.2) is 0 Å². The summed E-state index contributed by atoms with van der Waals surface area (Å²) in [6.45, 7) is 12.1. The number of nitrogens with zero attached hydrogens (tertiary/aromatic N) is 2. The molecular weight excluding hydrogens is 216 g/mol. The molecule has 0 saturated heterocycles.